The summed E-state index contributed by atoms with van der Waals surface area (Å²) >= 11 is 0. The molecule has 0 saturated carbocycles. The lowest BCUT2D eigenvalue weighted by molar-refractivity contribution is -0.130. The molecule has 1 N–H and O–H groups in total. The van der Waals surface area contributed by atoms with Crippen LogP contribution in [-0.4, -0.2) is 45.5 Å². The molecule has 1 fully saturated rings. The van der Waals surface area contributed by atoms with Gasteiger partial charge in [-0.05, 0) is 36.6 Å². The van der Waals surface area contributed by atoms with Gasteiger partial charge in [0.1, 0.15) is 5.75 Å². The fourth-order valence-electron chi connectivity index (χ4n) is 3.00. The van der Waals surface area contributed by atoms with Crippen LogP contribution in [0, 0.1) is 0 Å². The first-order chi connectivity index (χ1) is 11.1. The first kappa shape index (κ1) is 16.3. The van der Waals surface area contributed by atoms with Crippen LogP contribution in [-0.2, 0) is 21.2 Å². The van der Waals surface area contributed by atoms with E-state index in [0.717, 1.165) is 43.5 Å². The van der Waals surface area contributed by atoms with Gasteiger partial charge in [0.15, 0.2) is 0 Å². The minimum atomic E-state index is -3.55. The Morgan fingerprint density at radius 2 is 2.04 bits per heavy atom. The van der Waals surface area contributed by atoms with Crippen molar-refractivity contribution < 1.29 is 17.9 Å². The summed E-state index contributed by atoms with van der Waals surface area (Å²) in [6.45, 7) is 1.98. The molecule has 0 aromatic heterocycles. The predicted molar refractivity (Wildman–Crippen MR) is 85.9 cm³/mol. The number of carbonyl (C=O) groups excluding carboxylic acids is 1. The van der Waals surface area contributed by atoms with Gasteiger partial charge in [0, 0.05) is 32.5 Å². The highest BCUT2D eigenvalue weighted by Crippen LogP contribution is 2.27. The number of nitrogens with zero attached hydrogens (tertiary/aromatic N) is 1. The van der Waals surface area contributed by atoms with Crippen LogP contribution in [0.3, 0.4) is 0 Å². The molecule has 3 rings (SSSR count). The molecular formula is C16H22N2O4S. The van der Waals surface area contributed by atoms with Gasteiger partial charge in [0.25, 0.3) is 0 Å². The smallest absolute Gasteiger partial charge is 0.240 e. The van der Waals surface area contributed by atoms with Crippen LogP contribution in [0.5, 0.6) is 5.75 Å². The first-order valence-electron chi connectivity index (χ1n) is 8.09. The van der Waals surface area contributed by atoms with Crippen LogP contribution >= 0.6 is 0 Å². The predicted octanol–water partition coefficient (Wildman–Crippen LogP) is 1.30. The first-order valence-corrected chi connectivity index (χ1v) is 9.58. The van der Waals surface area contributed by atoms with E-state index in [2.05, 4.69) is 4.72 Å². The van der Waals surface area contributed by atoms with Crippen LogP contribution in [0.4, 0.5) is 0 Å². The molecule has 0 radical (unpaired) electrons. The Labute approximate surface area is 136 Å². The minimum absolute atomic E-state index is 0.122. The minimum Gasteiger partial charge on any atom is -0.493 e. The third kappa shape index (κ3) is 3.84. The van der Waals surface area contributed by atoms with Gasteiger partial charge in [-0.2, -0.15) is 0 Å². The van der Waals surface area contributed by atoms with Gasteiger partial charge in [0.2, 0.25) is 15.9 Å². The molecule has 2 heterocycles. The molecule has 0 spiro atoms. The molecule has 2 aliphatic rings. The molecule has 0 unspecified atom stereocenters. The molecule has 0 aliphatic carbocycles. The highest BCUT2D eigenvalue weighted by molar-refractivity contribution is 7.89. The number of amides is 1. The summed E-state index contributed by atoms with van der Waals surface area (Å²) in [5, 5.41) is 0. The van der Waals surface area contributed by atoms with E-state index in [1.165, 1.54) is 0 Å². The quantitative estimate of drug-likeness (QED) is 0.878. The van der Waals surface area contributed by atoms with Crippen LogP contribution in [0.15, 0.2) is 23.1 Å². The Balaban J connectivity index is 1.59. The lowest BCUT2D eigenvalue weighted by atomic mass is 10.2. The number of fused-ring (bicyclic) bond motifs is 1. The number of likely N-dealkylation sites (tertiary alicyclic amines) is 1. The number of carbonyl (C=O) groups is 1. The van der Waals surface area contributed by atoms with Crippen molar-refractivity contribution in [1.82, 2.24) is 9.62 Å². The molecule has 126 valence electrons. The van der Waals surface area contributed by atoms with Gasteiger partial charge in [-0.3, -0.25) is 4.79 Å². The van der Waals surface area contributed by atoms with Crippen molar-refractivity contribution in [3.05, 3.63) is 23.8 Å². The molecule has 1 amide bonds. The summed E-state index contributed by atoms with van der Waals surface area (Å²) in [4.78, 5) is 13.9. The SMILES string of the molecule is O=C1CCCCCN1CCNS(=O)(=O)c1ccc2c(c1)CCO2. The van der Waals surface area contributed by atoms with Gasteiger partial charge in [-0.1, -0.05) is 6.42 Å². The second-order valence-corrected chi connectivity index (χ2v) is 7.72. The Bertz CT molecular complexity index is 687. The molecule has 1 saturated heterocycles. The molecular weight excluding hydrogens is 316 g/mol. The van der Waals surface area contributed by atoms with E-state index < -0.39 is 10.0 Å². The van der Waals surface area contributed by atoms with Crippen LogP contribution in [0.2, 0.25) is 0 Å². The van der Waals surface area contributed by atoms with E-state index in [-0.39, 0.29) is 17.3 Å². The monoisotopic (exact) mass is 338 g/mol. The maximum absolute atomic E-state index is 12.4. The third-order valence-electron chi connectivity index (χ3n) is 4.32. The molecule has 2 aliphatic heterocycles. The van der Waals surface area contributed by atoms with E-state index >= 15 is 0 Å². The number of rotatable bonds is 5. The zero-order valence-electron chi connectivity index (χ0n) is 13.1. The van der Waals surface area contributed by atoms with E-state index in [1.807, 2.05) is 0 Å². The number of hydrogen-bond donors (Lipinski definition) is 1. The van der Waals surface area contributed by atoms with E-state index in [9.17, 15) is 13.2 Å². The lowest BCUT2D eigenvalue weighted by Gasteiger charge is -2.20. The highest BCUT2D eigenvalue weighted by Gasteiger charge is 2.20. The van der Waals surface area contributed by atoms with Crippen LogP contribution in [0.1, 0.15) is 31.2 Å². The van der Waals surface area contributed by atoms with Gasteiger partial charge < -0.3 is 9.64 Å². The average Bonchev–Trinajstić information content (AvgIpc) is 2.91. The molecule has 23 heavy (non-hydrogen) atoms. The van der Waals surface area contributed by atoms with Crippen molar-refractivity contribution in [2.75, 3.05) is 26.2 Å². The summed E-state index contributed by atoms with van der Waals surface area (Å²) in [6, 6.07) is 4.93. The Morgan fingerprint density at radius 3 is 2.91 bits per heavy atom. The Kier molecular flexibility index (Phi) is 4.87. The molecule has 0 bridgehead atoms. The Hall–Kier alpha value is -1.60. The number of benzene rings is 1. The van der Waals surface area contributed by atoms with E-state index in [0.29, 0.717) is 19.6 Å². The van der Waals surface area contributed by atoms with Gasteiger partial charge in [-0.15, -0.1) is 0 Å². The zero-order chi connectivity index (χ0) is 16.3. The maximum Gasteiger partial charge on any atom is 0.240 e. The normalized spacial score (nSPS) is 18.4. The summed E-state index contributed by atoms with van der Waals surface area (Å²) < 4.78 is 32.7. The summed E-state index contributed by atoms with van der Waals surface area (Å²) in [6.07, 6.45) is 4.28. The fraction of sp³-hybridized carbons (Fsp3) is 0.562. The molecule has 1 aromatic rings. The van der Waals surface area contributed by atoms with Crippen molar-refractivity contribution in [3.8, 4) is 5.75 Å². The van der Waals surface area contributed by atoms with Crippen molar-refractivity contribution in [2.45, 2.75) is 37.0 Å². The maximum atomic E-state index is 12.4. The number of ether oxygens (including phenoxy) is 1. The summed E-state index contributed by atoms with van der Waals surface area (Å²) in [5.41, 5.74) is 0.926. The molecule has 6 nitrogen and oxygen atoms in total. The van der Waals surface area contributed by atoms with Crippen LogP contribution in [0.25, 0.3) is 0 Å². The zero-order valence-corrected chi connectivity index (χ0v) is 13.9. The van der Waals surface area contributed by atoms with Gasteiger partial charge >= 0.3 is 0 Å². The fourth-order valence-corrected chi connectivity index (χ4v) is 4.07. The van der Waals surface area contributed by atoms with Crippen molar-refractivity contribution in [3.63, 3.8) is 0 Å². The number of hydrogen-bond acceptors (Lipinski definition) is 4. The largest absolute Gasteiger partial charge is 0.493 e. The van der Waals surface area contributed by atoms with Crippen molar-refractivity contribution >= 4 is 15.9 Å². The average molecular weight is 338 g/mol. The summed E-state index contributed by atoms with van der Waals surface area (Å²) in [5.74, 6) is 0.885. The number of nitrogens with one attached hydrogen (secondary N) is 1. The second kappa shape index (κ2) is 6.88. The molecule has 1 aromatic carbocycles. The van der Waals surface area contributed by atoms with E-state index in [4.69, 9.17) is 4.74 Å². The number of sulfonamides is 1. The van der Waals surface area contributed by atoms with Gasteiger partial charge in [0.05, 0.1) is 11.5 Å². The third-order valence-corrected chi connectivity index (χ3v) is 5.78. The standard InChI is InChI=1S/C16H22N2O4S/c19-16-4-2-1-3-9-18(16)10-8-17-23(20,21)14-5-6-15-13(12-14)7-11-22-15/h5-6,12,17H,1-4,7-11H2. The second-order valence-electron chi connectivity index (χ2n) is 5.96. The molecule has 7 heteroatoms. The summed E-state index contributed by atoms with van der Waals surface area (Å²) in [7, 11) is -3.55. The Morgan fingerprint density at radius 1 is 1.17 bits per heavy atom. The lowest BCUT2D eigenvalue weighted by Crippen LogP contribution is -2.38. The molecule has 0 atom stereocenters. The van der Waals surface area contributed by atoms with E-state index in [1.54, 1.807) is 23.1 Å². The van der Waals surface area contributed by atoms with Gasteiger partial charge in [-0.25, -0.2) is 13.1 Å². The highest BCUT2D eigenvalue weighted by atomic mass is 32.2. The van der Waals surface area contributed by atoms with Crippen LogP contribution < -0.4 is 9.46 Å². The van der Waals surface area contributed by atoms with Crippen molar-refractivity contribution in [2.24, 2.45) is 0 Å². The van der Waals surface area contributed by atoms with Crippen molar-refractivity contribution in [1.29, 1.82) is 0 Å². The topological polar surface area (TPSA) is 75.7 Å².